The second-order valence-corrected chi connectivity index (χ2v) is 9.29. The molecule has 2 aliphatic rings. The molecule has 2 saturated heterocycles. The third-order valence-electron chi connectivity index (χ3n) is 5.26. The third-order valence-corrected chi connectivity index (χ3v) is 7.48. The first kappa shape index (κ1) is 19.5. The maximum absolute atomic E-state index is 13.1. The van der Waals surface area contributed by atoms with Crippen LogP contribution in [0.2, 0.25) is 0 Å². The highest BCUT2D eigenvalue weighted by Crippen LogP contribution is 2.45. The van der Waals surface area contributed by atoms with Gasteiger partial charge in [0.05, 0.1) is 10.3 Å². The number of carbonyl (C=O) groups excluding carboxylic acids is 2. The number of nitrogens with zero attached hydrogens (tertiary/aromatic N) is 2. The van der Waals surface area contributed by atoms with Crippen LogP contribution in [-0.2, 0) is 4.79 Å². The topological polar surface area (TPSA) is 40.6 Å². The number of rotatable bonds is 3. The summed E-state index contributed by atoms with van der Waals surface area (Å²) in [5, 5.41) is 0. The molecule has 0 atom stereocenters. The Hall–Kier alpha value is -1.27. The first-order chi connectivity index (χ1) is 12.3. The van der Waals surface area contributed by atoms with E-state index in [9.17, 15) is 14.0 Å². The molecule has 1 spiro atoms. The van der Waals surface area contributed by atoms with Gasteiger partial charge in [-0.3, -0.25) is 9.59 Å². The molecular formula is C19H24ClFN2O2S. The van der Waals surface area contributed by atoms with Crippen molar-refractivity contribution in [2.24, 2.45) is 5.41 Å². The second kappa shape index (κ2) is 7.39. The summed E-state index contributed by atoms with van der Waals surface area (Å²) in [6, 6.07) is 5.71. The molecule has 1 aromatic carbocycles. The number of thioether (sulfide) groups is 1. The molecule has 0 saturated carbocycles. The Balaban J connectivity index is 1.71. The monoisotopic (exact) mass is 398 g/mol. The van der Waals surface area contributed by atoms with Gasteiger partial charge in [-0.25, -0.2) is 4.39 Å². The Kier molecular flexibility index (Phi) is 5.54. The van der Waals surface area contributed by atoms with Crippen LogP contribution in [0.25, 0.3) is 0 Å². The zero-order valence-electron chi connectivity index (χ0n) is 15.1. The maximum Gasteiger partial charge on any atom is 0.254 e. The molecule has 0 radical (unpaired) electrons. The number of carbonyl (C=O) groups is 2. The lowest BCUT2D eigenvalue weighted by Crippen LogP contribution is -2.55. The van der Waals surface area contributed by atoms with Gasteiger partial charge in [-0.2, -0.15) is 0 Å². The molecule has 2 amide bonds. The molecule has 2 aliphatic heterocycles. The van der Waals surface area contributed by atoms with Crippen molar-refractivity contribution >= 4 is 35.2 Å². The summed E-state index contributed by atoms with van der Waals surface area (Å²) in [5.74, 6) is 0.837. The van der Waals surface area contributed by atoms with E-state index in [1.54, 1.807) is 11.8 Å². The van der Waals surface area contributed by atoms with E-state index in [1.165, 1.54) is 24.3 Å². The number of halogens is 2. The van der Waals surface area contributed by atoms with Crippen molar-refractivity contribution in [1.82, 2.24) is 9.80 Å². The molecule has 0 aliphatic carbocycles. The number of hydrogen-bond acceptors (Lipinski definition) is 3. The Morgan fingerprint density at radius 2 is 1.81 bits per heavy atom. The predicted octanol–water partition coefficient (Wildman–Crippen LogP) is 3.60. The number of piperidine rings is 1. The van der Waals surface area contributed by atoms with Gasteiger partial charge in [-0.15, -0.1) is 23.4 Å². The molecule has 1 aromatic rings. The van der Waals surface area contributed by atoms with Crippen molar-refractivity contribution in [2.45, 2.75) is 31.6 Å². The molecule has 26 heavy (non-hydrogen) atoms. The van der Waals surface area contributed by atoms with Crippen molar-refractivity contribution in [3.8, 4) is 0 Å². The van der Waals surface area contributed by atoms with Gasteiger partial charge >= 0.3 is 0 Å². The van der Waals surface area contributed by atoms with E-state index in [4.69, 9.17) is 11.6 Å². The lowest BCUT2D eigenvalue weighted by atomic mass is 9.92. The van der Waals surface area contributed by atoms with Crippen molar-refractivity contribution in [1.29, 1.82) is 0 Å². The number of likely N-dealkylation sites (tertiary alicyclic amines) is 1. The Bertz CT molecular complexity index is 687. The summed E-state index contributed by atoms with van der Waals surface area (Å²) < 4.78 is 13.1. The highest BCUT2D eigenvalue weighted by atomic mass is 35.5. The van der Waals surface area contributed by atoms with Crippen molar-refractivity contribution in [3.05, 3.63) is 35.6 Å². The molecule has 0 aromatic heterocycles. The van der Waals surface area contributed by atoms with Crippen LogP contribution < -0.4 is 0 Å². The van der Waals surface area contributed by atoms with E-state index in [0.717, 1.165) is 18.6 Å². The normalized spacial score (nSPS) is 19.8. The van der Waals surface area contributed by atoms with Gasteiger partial charge in [0.2, 0.25) is 5.91 Å². The van der Waals surface area contributed by atoms with Gasteiger partial charge in [0.1, 0.15) is 5.82 Å². The minimum atomic E-state index is -0.571. The summed E-state index contributed by atoms with van der Waals surface area (Å²) in [6.45, 7) is 5.66. The van der Waals surface area contributed by atoms with Crippen molar-refractivity contribution in [2.75, 3.05) is 31.3 Å². The molecule has 2 heterocycles. The minimum absolute atomic E-state index is 0.0594. The van der Waals surface area contributed by atoms with E-state index >= 15 is 0 Å². The summed E-state index contributed by atoms with van der Waals surface area (Å²) in [6.07, 6.45) is 1.49. The van der Waals surface area contributed by atoms with Gasteiger partial charge in [0, 0.05) is 36.8 Å². The van der Waals surface area contributed by atoms with Crippen LogP contribution in [0.3, 0.4) is 0 Å². The first-order valence-corrected chi connectivity index (χ1v) is 10.4. The lowest BCUT2D eigenvalue weighted by Gasteiger charge is -2.45. The van der Waals surface area contributed by atoms with Crippen molar-refractivity contribution in [3.63, 3.8) is 0 Å². The quantitative estimate of drug-likeness (QED) is 0.730. The van der Waals surface area contributed by atoms with Gasteiger partial charge in [-0.1, -0.05) is 0 Å². The fraction of sp³-hybridized carbons (Fsp3) is 0.579. The number of amides is 2. The van der Waals surface area contributed by atoms with Crippen molar-refractivity contribution < 1.29 is 14.0 Å². The van der Waals surface area contributed by atoms with Crippen LogP contribution in [0.1, 0.15) is 37.0 Å². The Morgan fingerprint density at radius 1 is 1.19 bits per heavy atom. The molecule has 0 bridgehead atoms. The Labute approximate surface area is 163 Å². The number of hydrogen-bond donors (Lipinski definition) is 0. The van der Waals surface area contributed by atoms with E-state index in [0.29, 0.717) is 25.2 Å². The molecular weight excluding hydrogens is 375 g/mol. The van der Waals surface area contributed by atoms with Crippen LogP contribution in [0.4, 0.5) is 4.39 Å². The van der Waals surface area contributed by atoms with E-state index in [1.807, 2.05) is 23.6 Å². The highest BCUT2D eigenvalue weighted by Gasteiger charge is 2.48. The Morgan fingerprint density at radius 3 is 2.38 bits per heavy atom. The maximum atomic E-state index is 13.1. The average molecular weight is 399 g/mol. The van der Waals surface area contributed by atoms with Crippen LogP contribution in [-0.4, -0.2) is 57.8 Å². The molecule has 3 rings (SSSR count). The first-order valence-electron chi connectivity index (χ1n) is 8.86. The fourth-order valence-corrected chi connectivity index (χ4v) is 5.17. The molecule has 142 valence electrons. The van der Waals surface area contributed by atoms with Crippen LogP contribution in [0.15, 0.2) is 24.3 Å². The van der Waals surface area contributed by atoms with Gasteiger partial charge < -0.3 is 9.80 Å². The predicted molar refractivity (Wildman–Crippen MR) is 103 cm³/mol. The average Bonchev–Trinajstić information content (AvgIpc) is 3.05. The summed E-state index contributed by atoms with van der Waals surface area (Å²) in [5.41, 5.74) is -0.0616. The standard InChI is InChI=1S/C19H24ClFN2O2S/c1-18(2,13-20)17(25)22-9-7-19(8-10-22)23(11-12-26-19)16(24)14-3-5-15(21)6-4-14/h3-6H,7-13H2,1-2H3. The number of alkyl halides is 1. The second-order valence-electron chi connectivity index (χ2n) is 7.57. The van der Waals surface area contributed by atoms with Crippen LogP contribution in [0, 0.1) is 11.2 Å². The number of benzene rings is 1. The van der Waals surface area contributed by atoms with Gasteiger partial charge in [-0.05, 0) is 51.0 Å². The van der Waals surface area contributed by atoms with Gasteiger partial charge in [0.25, 0.3) is 5.91 Å². The van der Waals surface area contributed by atoms with E-state index in [-0.39, 0.29) is 28.4 Å². The highest BCUT2D eigenvalue weighted by molar-refractivity contribution is 8.00. The third kappa shape index (κ3) is 3.58. The van der Waals surface area contributed by atoms with Crippen LogP contribution in [0.5, 0.6) is 0 Å². The molecule has 7 heteroatoms. The molecule has 2 fully saturated rings. The van der Waals surface area contributed by atoms with Gasteiger partial charge in [0.15, 0.2) is 0 Å². The van der Waals surface area contributed by atoms with E-state index < -0.39 is 5.41 Å². The molecule has 0 unspecified atom stereocenters. The lowest BCUT2D eigenvalue weighted by molar-refractivity contribution is -0.140. The summed E-state index contributed by atoms with van der Waals surface area (Å²) >= 11 is 7.73. The zero-order valence-corrected chi connectivity index (χ0v) is 16.7. The van der Waals surface area contributed by atoms with E-state index in [2.05, 4.69) is 0 Å². The SMILES string of the molecule is CC(C)(CCl)C(=O)N1CCC2(CC1)SCCN2C(=O)c1ccc(F)cc1. The molecule has 4 nitrogen and oxygen atoms in total. The summed E-state index contributed by atoms with van der Waals surface area (Å²) in [7, 11) is 0. The fourth-order valence-electron chi connectivity index (χ4n) is 3.60. The smallest absolute Gasteiger partial charge is 0.254 e. The van der Waals surface area contributed by atoms with Crippen LogP contribution >= 0.6 is 23.4 Å². The largest absolute Gasteiger partial charge is 0.342 e. The minimum Gasteiger partial charge on any atom is -0.342 e. The zero-order chi connectivity index (χ0) is 18.9. The molecule has 0 N–H and O–H groups in total. The summed E-state index contributed by atoms with van der Waals surface area (Å²) in [4.78, 5) is 29.1.